The van der Waals surface area contributed by atoms with E-state index in [0.717, 1.165) is 45.5 Å². The monoisotopic (exact) mass is 554 g/mol. The molecule has 0 radical (unpaired) electrons. The van der Waals surface area contributed by atoms with Crippen LogP contribution in [-0.2, 0) is 12.8 Å². The highest BCUT2D eigenvalue weighted by Gasteiger charge is 2.10. The van der Waals surface area contributed by atoms with Crippen LogP contribution in [0.5, 0.6) is 0 Å². The van der Waals surface area contributed by atoms with E-state index >= 15 is 0 Å². The molecule has 10 nitrogen and oxygen atoms in total. The van der Waals surface area contributed by atoms with Crippen molar-refractivity contribution in [2.24, 2.45) is 0 Å². The second kappa shape index (κ2) is 13.1. The van der Waals surface area contributed by atoms with E-state index in [-0.39, 0.29) is 12.1 Å². The molecule has 4 amide bonds. The van der Waals surface area contributed by atoms with Gasteiger partial charge in [-0.25, -0.2) is 9.59 Å². The van der Waals surface area contributed by atoms with Gasteiger partial charge in [-0.2, -0.15) is 11.8 Å². The minimum Gasteiger partial charge on any atom is -0.308 e. The number of rotatable bonds is 10. The van der Waals surface area contributed by atoms with Crippen molar-refractivity contribution in [3.8, 4) is 0 Å². The van der Waals surface area contributed by atoms with E-state index in [1.165, 1.54) is 22.7 Å². The standard InChI is InChI=1S/C24H26N8O2S3/c1-15-3-7-17(8-4-15)25-21(33)27-23-31-29-19(36-23)11-13-35-14-12-20-30-32-24(37-20)28-22(34)26-18-9-5-16(2)6-10-18/h3-10H,11-14H2,1-2H3,(H2,25,27,31,33)(H2,26,28,32,34). The molecule has 0 fully saturated rings. The summed E-state index contributed by atoms with van der Waals surface area (Å²) >= 11 is 4.50. The van der Waals surface area contributed by atoms with E-state index in [2.05, 4.69) is 41.7 Å². The van der Waals surface area contributed by atoms with Crippen molar-refractivity contribution in [1.82, 2.24) is 20.4 Å². The molecule has 0 atom stereocenters. The lowest BCUT2D eigenvalue weighted by Crippen LogP contribution is -2.19. The third-order valence-corrected chi connectivity index (χ3v) is 7.70. The van der Waals surface area contributed by atoms with Crippen molar-refractivity contribution < 1.29 is 9.59 Å². The topological polar surface area (TPSA) is 134 Å². The molecule has 4 aromatic rings. The van der Waals surface area contributed by atoms with Crippen molar-refractivity contribution >= 4 is 68.1 Å². The van der Waals surface area contributed by atoms with Gasteiger partial charge in [0.15, 0.2) is 0 Å². The number of anilines is 4. The van der Waals surface area contributed by atoms with E-state index in [1.807, 2.05) is 62.4 Å². The molecule has 4 rings (SSSR count). The summed E-state index contributed by atoms with van der Waals surface area (Å²) in [6, 6.07) is 14.4. The Bertz CT molecular complexity index is 1220. The molecule has 2 aromatic carbocycles. The summed E-state index contributed by atoms with van der Waals surface area (Å²) in [7, 11) is 0. The fourth-order valence-corrected chi connectivity index (χ4v) is 5.63. The van der Waals surface area contributed by atoms with Crippen LogP contribution in [0.2, 0.25) is 0 Å². The Morgan fingerprint density at radius 2 is 1.05 bits per heavy atom. The summed E-state index contributed by atoms with van der Waals surface area (Å²) in [6.07, 6.45) is 1.51. The largest absolute Gasteiger partial charge is 0.325 e. The first-order chi connectivity index (χ1) is 17.9. The van der Waals surface area contributed by atoms with E-state index in [1.54, 1.807) is 11.8 Å². The molecule has 4 N–H and O–H groups in total. The van der Waals surface area contributed by atoms with Crippen molar-refractivity contribution in [3.63, 3.8) is 0 Å². The molecule has 0 saturated carbocycles. The molecule has 13 heteroatoms. The van der Waals surface area contributed by atoms with Crippen LogP contribution in [0, 0.1) is 13.8 Å². The van der Waals surface area contributed by atoms with Gasteiger partial charge in [-0.05, 0) is 49.6 Å². The summed E-state index contributed by atoms with van der Waals surface area (Å²) in [5.74, 6) is 1.74. The number of nitrogens with one attached hydrogen (secondary N) is 4. The molecule has 192 valence electrons. The number of thioether (sulfide) groups is 1. The van der Waals surface area contributed by atoms with Gasteiger partial charge in [0.2, 0.25) is 10.3 Å². The van der Waals surface area contributed by atoms with E-state index in [9.17, 15) is 9.59 Å². The Labute approximate surface area is 226 Å². The lowest BCUT2D eigenvalue weighted by molar-refractivity contribution is 0.261. The van der Waals surface area contributed by atoms with Gasteiger partial charge in [0.05, 0.1) is 0 Å². The molecule has 0 spiro atoms. The molecule has 0 bridgehead atoms. The first-order valence-corrected chi connectivity index (χ1v) is 14.2. The Hall–Kier alpha value is -3.55. The minimum atomic E-state index is -0.348. The van der Waals surface area contributed by atoms with Crippen LogP contribution in [0.1, 0.15) is 21.1 Å². The van der Waals surface area contributed by atoms with Crippen molar-refractivity contribution in [2.45, 2.75) is 26.7 Å². The number of carbonyl (C=O) groups is 2. The number of nitrogens with zero attached hydrogens (tertiary/aromatic N) is 4. The van der Waals surface area contributed by atoms with Crippen LogP contribution >= 0.6 is 34.4 Å². The Balaban J connectivity index is 1.11. The molecular formula is C24H26N8O2S3. The fourth-order valence-electron chi connectivity index (χ4n) is 3.02. The van der Waals surface area contributed by atoms with Gasteiger partial charge >= 0.3 is 12.1 Å². The summed E-state index contributed by atoms with van der Waals surface area (Å²) in [4.78, 5) is 24.3. The molecule has 0 aliphatic rings. The van der Waals surface area contributed by atoms with E-state index < -0.39 is 0 Å². The first kappa shape index (κ1) is 26.5. The lowest BCUT2D eigenvalue weighted by Gasteiger charge is -2.05. The normalized spacial score (nSPS) is 10.6. The highest BCUT2D eigenvalue weighted by Crippen LogP contribution is 2.20. The van der Waals surface area contributed by atoms with Crippen molar-refractivity contribution in [2.75, 3.05) is 32.8 Å². The summed E-state index contributed by atoms with van der Waals surface area (Å²) < 4.78 is 0. The quantitative estimate of drug-likeness (QED) is 0.182. The lowest BCUT2D eigenvalue weighted by atomic mass is 10.2. The summed E-state index contributed by atoms with van der Waals surface area (Å²) in [5, 5.41) is 30.0. The van der Waals surface area contributed by atoms with Gasteiger partial charge in [-0.1, -0.05) is 58.1 Å². The predicted octanol–water partition coefficient (Wildman–Crippen LogP) is 5.81. The van der Waals surface area contributed by atoms with Crippen LogP contribution < -0.4 is 21.3 Å². The molecule has 2 heterocycles. The maximum atomic E-state index is 12.1. The Kier molecular flexibility index (Phi) is 9.40. The zero-order chi connectivity index (χ0) is 26.0. The predicted molar refractivity (Wildman–Crippen MR) is 152 cm³/mol. The molecule has 0 unspecified atom stereocenters. The molecule has 0 aliphatic carbocycles. The third-order valence-electron chi connectivity index (χ3n) is 4.91. The Morgan fingerprint density at radius 1 is 0.649 bits per heavy atom. The maximum Gasteiger partial charge on any atom is 0.325 e. The first-order valence-electron chi connectivity index (χ1n) is 11.4. The molecule has 0 aliphatic heterocycles. The number of hydrogen-bond acceptors (Lipinski definition) is 9. The van der Waals surface area contributed by atoms with Gasteiger partial charge in [-0.3, -0.25) is 10.6 Å². The van der Waals surface area contributed by atoms with Gasteiger partial charge in [0.25, 0.3) is 0 Å². The fraction of sp³-hybridized carbons (Fsp3) is 0.250. The third kappa shape index (κ3) is 8.81. The molecular weight excluding hydrogens is 529 g/mol. The number of aryl methyl sites for hydroxylation is 4. The van der Waals surface area contributed by atoms with Crippen LogP contribution in [-0.4, -0.2) is 44.0 Å². The number of aromatic nitrogens is 4. The van der Waals surface area contributed by atoms with Crippen LogP contribution in [0.3, 0.4) is 0 Å². The van der Waals surface area contributed by atoms with E-state index in [4.69, 9.17) is 0 Å². The summed E-state index contributed by atoms with van der Waals surface area (Å²) in [6.45, 7) is 3.98. The number of hydrogen-bond donors (Lipinski definition) is 4. The smallest absolute Gasteiger partial charge is 0.308 e. The minimum absolute atomic E-state index is 0.348. The van der Waals surface area contributed by atoms with Crippen LogP contribution in [0.25, 0.3) is 0 Å². The highest BCUT2D eigenvalue weighted by atomic mass is 32.2. The maximum absolute atomic E-state index is 12.1. The average Bonchev–Trinajstić information content (AvgIpc) is 3.51. The van der Waals surface area contributed by atoms with E-state index in [0.29, 0.717) is 21.6 Å². The second-order valence-electron chi connectivity index (χ2n) is 8.00. The Morgan fingerprint density at radius 3 is 1.46 bits per heavy atom. The number of benzene rings is 2. The van der Waals surface area contributed by atoms with Gasteiger partial charge in [-0.15, -0.1) is 20.4 Å². The van der Waals surface area contributed by atoms with Crippen molar-refractivity contribution in [3.05, 3.63) is 69.7 Å². The zero-order valence-corrected chi connectivity index (χ0v) is 22.7. The van der Waals surface area contributed by atoms with Gasteiger partial charge in [0, 0.05) is 24.2 Å². The number of urea groups is 2. The van der Waals surface area contributed by atoms with Crippen LogP contribution in [0.15, 0.2) is 48.5 Å². The summed E-state index contributed by atoms with van der Waals surface area (Å²) in [5.41, 5.74) is 3.68. The average molecular weight is 555 g/mol. The number of amides is 4. The second-order valence-corrected chi connectivity index (χ2v) is 11.4. The zero-order valence-electron chi connectivity index (χ0n) is 20.3. The molecule has 37 heavy (non-hydrogen) atoms. The van der Waals surface area contributed by atoms with Crippen LogP contribution in [0.4, 0.5) is 31.2 Å². The van der Waals surface area contributed by atoms with Crippen molar-refractivity contribution in [1.29, 1.82) is 0 Å². The molecule has 2 aromatic heterocycles. The van der Waals surface area contributed by atoms with Gasteiger partial charge in [0.1, 0.15) is 10.0 Å². The number of carbonyl (C=O) groups excluding carboxylic acids is 2. The SMILES string of the molecule is Cc1ccc(NC(=O)Nc2nnc(CCSCCc3nnc(NC(=O)Nc4ccc(C)cc4)s3)s2)cc1. The molecule has 0 saturated heterocycles. The van der Waals surface area contributed by atoms with Gasteiger partial charge < -0.3 is 10.6 Å². The highest BCUT2D eigenvalue weighted by molar-refractivity contribution is 7.99.